The second-order valence-electron chi connectivity index (χ2n) is 7.32. The molecular weight excluding hydrogens is 414 g/mol. The van der Waals surface area contributed by atoms with Gasteiger partial charge in [0.25, 0.3) is 0 Å². The first kappa shape index (κ1) is 17.4. The number of nitrogens with zero attached hydrogens (tertiary/aromatic N) is 3. The number of rotatable bonds is 5. The highest BCUT2D eigenvalue weighted by atomic mass is 79.9. The standard InChI is InChI=1S/C23H20BrN3O/c1-28-19-7-4-16(5-8-19)17-6-9-20-21(24)13-27(22(20)11-17)23-12-18(25-14-26-23)10-15-2-3-15/h4-9,11-15H,2-3,10H2,1H3. The largest absolute Gasteiger partial charge is 0.497 e. The van der Waals surface area contributed by atoms with Crippen molar-refractivity contribution in [1.29, 1.82) is 0 Å². The van der Waals surface area contributed by atoms with E-state index in [0.717, 1.165) is 50.7 Å². The molecule has 0 spiro atoms. The van der Waals surface area contributed by atoms with E-state index in [1.807, 2.05) is 12.1 Å². The number of methoxy groups -OCH3 is 1. The summed E-state index contributed by atoms with van der Waals surface area (Å²) in [5.74, 6) is 2.57. The van der Waals surface area contributed by atoms with Crippen molar-refractivity contribution in [2.45, 2.75) is 19.3 Å². The second-order valence-corrected chi connectivity index (χ2v) is 8.18. The highest BCUT2D eigenvalue weighted by Gasteiger charge is 2.22. The Hall–Kier alpha value is -2.66. The van der Waals surface area contributed by atoms with Crippen molar-refractivity contribution in [2.75, 3.05) is 7.11 Å². The van der Waals surface area contributed by atoms with E-state index in [9.17, 15) is 0 Å². The van der Waals surface area contributed by atoms with Crippen molar-refractivity contribution < 1.29 is 4.74 Å². The maximum atomic E-state index is 5.27. The highest BCUT2D eigenvalue weighted by Crippen LogP contribution is 2.34. The molecule has 0 aliphatic heterocycles. The molecular formula is C23H20BrN3O. The molecule has 4 aromatic rings. The van der Waals surface area contributed by atoms with Crippen LogP contribution >= 0.6 is 15.9 Å². The number of hydrogen-bond acceptors (Lipinski definition) is 3. The van der Waals surface area contributed by atoms with Gasteiger partial charge in [0.15, 0.2) is 0 Å². The minimum Gasteiger partial charge on any atom is -0.497 e. The Morgan fingerprint density at radius 1 is 1.04 bits per heavy atom. The van der Waals surface area contributed by atoms with Crippen molar-refractivity contribution in [1.82, 2.24) is 14.5 Å². The molecule has 0 bridgehead atoms. The van der Waals surface area contributed by atoms with Gasteiger partial charge in [0, 0.05) is 27.8 Å². The lowest BCUT2D eigenvalue weighted by molar-refractivity contribution is 0.415. The SMILES string of the molecule is COc1ccc(-c2ccc3c(Br)cn(-c4cc(CC5CC5)ncn4)c3c2)cc1. The van der Waals surface area contributed by atoms with E-state index in [1.54, 1.807) is 13.4 Å². The van der Waals surface area contributed by atoms with Gasteiger partial charge in [-0.05, 0) is 70.4 Å². The molecule has 2 aromatic heterocycles. The van der Waals surface area contributed by atoms with Crippen molar-refractivity contribution >= 4 is 26.8 Å². The van der Waals surface area contributed by atoms with Gasteiger partial charge in [0.05, 0.1) is 12.6 Å². The first-order valence-corrected chi connectivity index (χ1v) is 10.3. The van der Waals surface area contributed by atoms with Gasteiger partial charge < -0.3 is 4.74 Å². The quantitative estimate of drug-likeness (QED) is 0.398. The van der Waals surface area contributed by atoms with Crippen LogP contribution in [-0.4, -0.2) is 21.6 Å². The normalized spacial score (nSPS) is 13.8. The van der Waals surface area contributed by atoms with Crippen LogP contribution in [0.15, 0.2) is 65.5 Å². The lowest BCUT2D eigenvalue weighted by atomic mass is 10.0. The van der Waals surface area contributed by atoms with Crippen LogP contribution in [0.2, 0.25) is 0 Å². The smallest absolute Gasteiger partial charge is 0.140 e. The Bertz CT molecular complexity index is 1150. The Morgan fingerprint density at radius 3 is 2.57 bits per heavy atom. The molecule has 0 atom stereocenters. The third-order valence-electron chi connectivity index (χ3n) is 5.33. The van der Waals surface area contributed by atoms with Gasteiger partial charge in [-0.15, -0.1) is 0 Å². The molecule has 0 saturated heterocycles. The van der Waals surface area contributed by atoms with Crippen LogP contribution in [0, 0.1) is 5.92 Å². The van der Waals surface area contributed by atoms with E-state index in [1.165, 1.54) is 18.2 Å². The molecule has 2 heterocycles. The van der Waals surface area contributed by atoms with Crippen LogP contribution in [0.25, 0.3) is 27.8 Å². The van der Waals surface area contributed by atoms with Gasteiger partial charge in [-0.25, -0.2) is 9.97 Å². The first-order chi connectivity index (χ1) is 13.7. The average Bonchev–Trinajstić information content (AvgIpc) is 3.49. The van der Waals surface area contributed by atoms with E-state index in [-0.39, 0.29) is 0 Å². The zero-order valence-electron chi connectivity index (χ0n) is 15.6. The molecule has 1 aliphatic rings. The molecule has 4 nitrogen and oxygen atoms in total. The van der Waals surface area contributed by atoms with Crippen molar-refractivity contribution in [3.63, 3.8) is 0 Å². The van der Waals surface area contributed by atoms with Crippen molar-refractivity contribution in [2.24, 2.45) is 5.92 Å². The van der Waals surface area contributed by atoms with Crippen LogP contribution in [0.3, 0.4) is 0 Å². The molecule has 5 heteroatoms. The van der Waals surface area contributed by atoms with Crippen molar-refractivity contribution in [3.8, 4) is 22.7 Å². The monoisotopic (exact) mass is 433 g/mol. The number of aromatic nitrogens is 3. The van der Waals surface area contributed by atoms with E-state index in [0.29, 0.717) is 0 Å². The number of fused-ring (bicyclic) bond motifs is 1. The summed E-state index contributed by atoms with van der Waals surface area (Å²) in [6.07, 6.45) is 7.46. The van der Waals surface area contributed by atoms with Crippen LogP contribution in [0.4, 0.5) is 0 Å². The van der Waals surface area contributed by atoms with Gasteiger partial charge in [0.1, 0.15) is 17.9 Å². The molecule has 1 fully saturated rings. The third-order valence-corrected chi connectivity index (χ3v) is 5.96. The Kier molecular flexibility index (Phi) is 4.40. The summed E-state index contributed by atoms with van der Waals surface area (Å²) in [5, 5.41) is 1.17. The van der Waals surface area contributed by atoms with E-state index in [4.69, 9.17) is 4.74 Å². The topological polar surface area (TPSA) is 39.9 Å². The summed E-state index contributed by atoms with van der Waals surface area (Å²) < 4.78 is 8.48. The Labute approximate surface area is 172 Å². The fourth-order valence-corrected chi connectivity index (χ4v) is 4.12. The minimum atomic E-state index is 0.803. The summed E-state index contributed by atoms with van der Waals surface area (Å²) >= 11 is 3.70. The minimum absolute atomic E-state index is 0.803. The van der Waals surface area contributed by atoms with E-state index >= 15 is 0 Å². The summed E-state index contributed by atoms with van der Waals surface area (Å²) in [6, 6.07) is 16.8. The fourth-order valence-electron chi connectivity index (χ4n) is 3.58. The number of halogens is 1. The molecule has 28 heavy (non-hydrogen) atoms. The number of benzene rings is 2. The third kappa shape index (κ3) is 3.31. The zero-order chi connectivity index (χ0) is 19.1. The Morgan fingerprint density at radius 2 is 1.82 bits per heavy atom. The number of hydrogen-bond donors (Lipinski definition) is 0. The van der Waals surface area contributed by atoms with Crippen LogP contribution in [0.1, 0.15) is 18.5 Å². The molecule has 1 aliphatic carbocycles. The maximum absolute atomic E-state index is 5.27. The molecule has 5 rings (SSSR count). The van der Waals surface area contributed by atoms with Gasteiger partial charge in [-0.3, -0.25) is 4.57 Å². The Balaban J connectivity index is 1.58. The van der Waals surface area contributed by atoms with Gasteiger partial charge in [-0.2, -0.15) is 0 Å². The molecule has 0 amide bonds. The lowest BCUT2D eigenvalue weighted by Gasteiger charge is -2.08. The van der Waals surface area contributed by atoms with Crippen molar-refractivity contribution in [3.05, 3.63) is 71.2 Å². The molecule has 0 radical (unpaired) electrons. The van der Waals surface area contributed by atoms with Crippen LogP contribution in [-0.2, 0) is 6.42 Å². The summed E-state index contributed by atoms with van der Waals surface area (Å²) in [4.78, 5) is 9.01. The van der Waals surface area contributed by atoms with Crippen LogP contribution < -0.4 is 4.74 Å². The summed E-state index contributed by atoms with van der Waals surface area (Å²) in [5.41, 5.74) is 4.56. The summed E-state index contributed by atoms with van der Waals surface area (Å²) in [7, 11) is 1.69. The molecule has 0 unspecified atom stereocenters. The second kappa shape index (κ2) is 7.06. The van der Waals surface area contributed by atoms with E-state index < -0.39 is 0 Å². The van der Waals surface area contributed by atoms with Gasteiger partial charge in [0.2, 0.25) is 0 Å². The first-order valence-electron chi connectivity index (χ1n) is 9.47. The zero-order valence-corrected chi connectivity index (χ0v) is 17.2. The molecule has 0 N–H and O–H groups in total. The lowest BCUT2D eigenvalue weighted by Crippen LogP contribution is -2.00. The predicted octanol–water partition coefficient (Wildman–Crippen LogP) is 5.81. The molecule has 1 saturated carbocycles. The number of ether oxygens (including phenoxy) is 1. The summed E-state index contributed by atoms with van der Waals surface area (Å²) in [6.45, 7) is 0. The maximum Gasteiger partial charge on any atom is 0.140 e. The molecule has 2 aromatic carbocycles. The highest BCUT2D eigenvalue weighted by molar-refractivity contribution is 9.10. The van der Waals surface area contributed by atoms with Gasteiger partial charge >= 0.3 is 0 Å². The fraction of sp³-hybridized carbons (Fsp3) is 0.217. The van der Waals surface area contributed by atoms with Crippen LogP contribution in [0.5, 0.6) is 5.75 Å². The van der Waals surface area contributed by atoms with Gasteiger partial charge in [-0.1, -0.05) is 24.3 Å². The average molecular weight is 434 g/mol. The predicted molar refractivity (Wildman–Crippen MR) is 115 cm³/mol. The van der Waals surface area contributed by atoms with E-state index in [2.05, 4.69) is 73.1 Å². The molecule has 140 valence electrons.